The van der Waals surface area contributed by atoms with Crippen molar-refractivity contribution in [3.63, 3.8) is 0 Å². The third-order valence-electron chi connectivity index (χ3n) is 6.62. The van der Waals surface area contributed by atoms with E-state index in [9.17, 15) is 9.59 Å². The molecular formula is C26H32N2O3. The van der Waals surface area contributed by atoms with E-state index in [4.69, 9.17) is 4.74 Å². The van der Waals surface area contributed by atoms with Crippen molar-refractivity contribution in [2.75, 3.05) is 19.6 Å². The molecule has 2 aromatic carbocycles. The number of amides is 1. The van der Waals surface area contributed by atoms with Crippen molar-refractivity contribution in [3.8, 4) is 5.75 Å². The fourth-order valence-electron chi connectivity index (χ4n) is 5.02. The van der Waals surface area contributed by atoms with Crippen LogP contribution in [-0.4, -0.2) is 53.3 Å². The van der Waals surface area contributed by atoms with Gasteiger partial charge in [0.05, 0.1) is 0 Å². The first-order valence-corrected chi connectivity index (χ1v) is 11.4. The van der Waals surface area contributed by atoms with Crippen LogP contribution in [0.2, 0.25) is 0 Å². The minimum Gasteiger partial charge on any atom is -0.481 e. The average molecular weight is 421 g/mol. The third kappa shape index (κ3) is 5.16. The molecule has 31 heavy (non-hydrogen) atoms. The molecule has 2 saturated heterocycles. The number of benzene rings is 2. The molecule has 2 heterocycles. The lowest BCUT2D eigenvalue weighted by atomic mass is 9.83. The topological polar surface area (TPSA) is 49.9 Å². The summed E-state index contributed by atoms with van der Waals surface area (Å²) in [6, 6.07) is 18.3. The second-order valence-electron chi connectivity index (χ2n) is 8.84. The zero-order valence-corrected chi connectivity index (χ0v) is 18.5. The molecule has 2 aliphatic heterocycles. The number of carbonyl (C=O) groups excluding carboxylic acids is 2. The first-order chi connectivity index (χ1) is 15.0. The Morgan fingerprint density at radius 3 is 2.65 bits per heavy atom. The van der Waals surface area contributed by atoms with Gasteiger partial charge in [0.25, 0.3) is 5.91 Å². The molecule has 0 bridgehead atoms. The largest absolute Gasteiger partial charge is 0.481 e. The summed E-state index contributed by atoms with van der Waals surface area (Å²) >= 11 is 0. The van der Waals surface area contributed by atoms with E-state index >= 15 is 0 Å². The first-order valence-electron chi connectivity index (χ1n) is 11.4. The van der Waals surface area contributed by atoms with Crippen LogP contribution in [0.4, 0.5) is 0 Å². The molecule has 0 aliphatic carbocycles. The van der Waals surface area contributed by atoms with Crippen molar-refractivity contribution in [2.24, 2.45) is 5.92 Å². The molecule has 2 aromatic rings. The van der Waals surface area contributed by atoms with Crippen molar-refractivity contribution in [3.05, 3.63) is 65.7 Å². The van der Waals surface area contributed by atoms with Gasteiger partial charge in [0.2, 0.25) is 0 Å². The van der Waals surface area contributed by atoms with Crippen molar-refractivity contribution >= 4 is 11.7 Å². The maximum atomic E-state index is 13.1. The van der Waals surface area contributed by atoms with Crippen LogP contribution < -0.4 is 4.74 Å². The number of ketones is 1. The summed E-state index contributed by atoms with van der Waals surface area (Å²) in [6.45, 7) is 7.03. The molecule has 3 atom stereocenters. The normalized spacial score (nSPS) is 22.5. The predicted octanol–water partition coefficient (Wildman–Crippen LogP) is 4.17. The zero-order valence-electron chi connectivity index (χ0n) is 18.5. The maximum absolute atomic E-state index is 13.1. The van der Waals surface area contributed by atoms with E-state index in [1.54, 1.807) is 31.2 Å². The number of carbonyl (C=O) groups is 2. The van der Waals surface area contributed by atoms with Gasteiger partial charge in [-0.1, -0.05) is 42.5 Å². The summed E-state index contributed by atoms with van der Waals surface area (Å²) in [6.07, 6.45) is 2.80. The Bertz CT molecular complexity index is 914. The molecule has 0 N–H and O–H groups in total. The predicted molar refractivity (Wildman–Crippen MR) is 121 cm³/mol. The van der Waals surface area contributed by atoms with E-state index in [0.29, 0.717) is 23.3 Å². The highest BCUT2D eigenvalue weighted by Gasteiger charge is 2.38. The SMILES string of the molecule is CC(=O)c1cccc(O[C@H](C)C(=O)N2CC[C@@H]3[C@H](CCCN3Cc3ccccc3)C2)c1. The number of fused-ring (bicyclic) bond motifs is 1. The Balaban J connectivity index is 1.36. The van der Waals surface area contributed by atoms with Gasteiger partial charge in [-0.3, -0.25) is 14.5 Å². The summed E-state index contributed by atoms with van der Waals surface area (Å²) < 4.78 is 5.90. The van der Waals surface area contributed by atoms with Gasteiger partial charge in [-0.2, -0.15) is 0 Å². The smallest absolute Gasteiger partial charge is 0.263 e. The van der Waals surface area contributed by atoms with Crippen molar-refractivity contribution in [2.45, 2.75) is 51.8 Å². The maximum Gasteiger partial charge on any atom is 0.263 e. The summed E-state index contributed by atoms with van der Waals surface area (Å²) in [4.78, 5) is 29.3. The number of likely N-dealkylation sites (tertiary alicyclic amines) is 2. The van der Waals surface area contributed by atoms with Gasteiger partial charge in [0.15, 0.2) is 11.9 Å². The molecule has 2 fully saturated rings. The highest BCUT2D eigenvalue weighted by atomic mass is 16.5. The number of piperidine rings is 2. The van der Waals surface area contributed by atoms with E-state index in [1.807, 2.05) is 4.90 Å². The molecule has 5 nitrogen and oxygen atoms in total. The summed E-state index contributed by atoms with van der Waals surface area (Å²) in [5.41, 5.74) is 1.95. The number of nitrogens with zero attached hydrogens (tertiary/aromatic N) is 2. The summed E-state index contributed by atoms with van der Waals surface area (Å²) in [5.74, 6) is 1.11. The monoisotopic (exact) mass is 420 g/mol. The van der Waals surface area contributed by atoms with Crippen molar-refractivity contribution in [1.29, 1.82) is 0 Å². The fraction of sp³-hybridized carbons (Fsp3) is 0.462. The molecule has 1 amide bonds. The Hall–Kier alpha value is -2.66. The van der Waals surface area contributed by atoms with Crippen LogP contribution in [0.15, 0.2) is 54.6 Å². The molecule has 4 rings (SSSR count). The molecule has 2 aliphatic rings. The quantitative estimate of drug-likeness (QED) is 0.658. The zero-order chi connectivity index (χ0) is 21.8. The minimum atomic E-state index is -0.567. The second-order valence-corrected chi connectivity index (χ2v) is 8.84. The molecule has 0 unspecified atom stereocenters. The van der Waals surface area contributed by atoms with Crippen LogP contribution in [0.25, 0.3) is 0 Å². The standard InChI is InChI=1S/C26H32N2O3/c1-19(29)22-10-6-12-24(16-22)31-20(2)26(30)28-15-13-25-23(18-28)11-7-14-27(25)17-21-8-4-3-5-9-21/h3-6,8-10,12,16,20,23,25H,7,11,13-15,17-18H2,1-2H3/t20-,23-,25-/m1/s1. The van der Waals surface area contributed by atoms with E-state index in [2.05, 4.69) is 35.2 Å². The van der Waals surface area contributed by atoms with Crippen molar-refractivity contribution in [1.82, 2.24) is 9.80 Å². The number of rotatable bonds is 6. The van der Waals surface area contributed by atoms with E-state index < -0.39 is 6.10 Å². The van der Waals surface area contributed by atoms with Crippen LogP contribution in [0, 0.1) is 5.92 Å². The molecule has 5 heteroatoms. The number of ether oxygens (including phenoxy) is 1. The van der Waals surface area contributed by atoms with Gasteiger partial charge in [0.1, 0.15) is 5.75 Å². The van der Waals surface area contributed by atoms with Crippen LogP contribution in [0.3, 0.4) is 0 Å². The molecule has 0 radical (unpaired) electrons. The fourth-order valence-corrected chi connectivity index (χ4v) is 5.02. The van der Waals surface area contributed by atoms with Crippen molar-refractivity contribution < 1.29 is 14.3 Å². The summed E-state index contributed by atoms with van der Waals surface area (Å²) in [5, 5.41) is 0. The molecule has 0 aromatic heterocycles. The van der Waals surface area contributed by atoms with Crippen LogP contribution in [0.5, 0.6) is 5.75 Å². The molecule has 0 spiro atoms. The lowest BCUT2D eigenvalue weighted by Crippen LogP contribution is -2.56. The summed E-state index contributed by atoms with van der Waals surface area (Å²) in [7, 11) is 0. The number of Topliss-reactive ketones (excluding diaryl/α,β-unsaturated/α-hetero) is 1. The number of hydrogen-bond donors (Lipinski definition) is 0. The van der Waals surface area contributed by atoms with Gasteiger partial charge in [0, 0.05) is 31.2 Å². The lowest BCUT2D eigenvalue weighted by molar-refractivity contribution is -0.141. The minimum absolute atomic E-state index is 0.0103. The van der Waals surface area contributed by atoms with E-state index in [0.717, 1.165) is 32.6 Å². The van der Waals surface area contributed by atoms with Gasteiger partial charge in [-0.05, 0) is 63.3 Å². The Morgan fingerprint density at radius 1 is 1.06 bits per heavy atom. The van der Waals surface area contributed by atoms with Crippen LogP contribution >= 0.6 is 0 Å². The number of hydrogen-bond acceptors (Lipinski definition) is 4. The highest BCUT2D eigenvalue weighted by Crippen LogP contribution is 2.32. The molecule has 164 valence electrons. The van der Waals surface area contributed by atoms with Gasteiger partial charge in [-0.25, -0.2) is 0 Å². The van der Waals surface area contributed by atoms with Gasteiger partial charge >= 0.3 is 0 Å². The Kier molecular flexibility index (Phi) is 6.71. The van der Waals surface area contributed by atoms with E-state index in [1.165, 1.54) is 25.3 Å². The Labute approximate surface area is 185 Å². The van der Waals surface area contributed by atoms with Crippen LogP contribution in [-0.2, 0) is 11.3 Å². The Morgan fingerprint density at radius 2 is 1.87 bits per heavy atom. The van der Waals surface area contributed by atoms with Gasteiger partial charge < -0.3 is 9.64 Å². The second kappa shape index (κ2) is 9.65. The van der Waals surface area contributed by atoms with E-state index in [-0.39, 0.29) is 11.7 Å². The highest BCUT2D eigenvalue weighted by molar-refractivity contribution is 5.94. The average Bonchev–Trinajstić information content (AvgIpc) is 2.79. The van der Waals surface area contributed by atoms with Crippen LogP contribution in [0.1, 0.15) is 49.0 Å². The molecular weight excluding hydrogens is 388 g/mol. The first kappa shape index (κ1) is 21.6. The molecule has 0 saturated carbocycles. The third-order valence-corrected chi connectivity index (χ3v) is 6.62. The lowest BCUT2D eigenvalue weighted by Gasteiger charge is -2.47. The van der Waals surface area contributed by atoms with Gasteiger partial charge in [-0.15, -0.1) is 0 Å².